The van der Waals surface area contributed by atoms with E-state index in [0.29, 0.717) is 48.4 Å². The van der Waals surface area contributed by atoms with Gasteiger partial charge < -0.3 is 15.1 Å². The van der Waals surface area contributed by atoms with Crippen molar-refractivity contribution in [3.63, 3.8) is 0 Å². The van der Waals surface area contributed by atoms with Crippen molar-refractivity contribution in [1.82, 2.24) is 25.4 Å². The van der Waals surface area contributed by atoms with E-state index in [2.05, 4.69) is 20.5 Å². The number of hydrogen-bond acceptors (Lipinski definition) is 5. The van der Waals surface area contributed by atoms with Gasteiger partial charge in [-0.05, 0) is 36.6 Å². The largest absolute Gasteiger partial charge is 0.358 e. The molecule has 0 unspecified atom stereocenters. The van der Waals surface area contributed by atoms with Gasteiger partial charge in [-0.3, -0.25) is 19.5 Å². The van der Waals surface area contributed by atoms with Crippen LogP contribution in [-0.4, -0.2) is 64.5 Å². The molecule has 1 spiro atoms. The molecule has 2 aliphatic heterocycles. The number of carbonyl (C=O) groups excluding carboxylic acids is 3. The third kappa shape index (κ3) is 3.02. The lowest BCUT2D eigenvalue weighted by molar-refractivity contribution is -0.127. The quantitative estimate of drug-likeness (QED) is 0.644. The number of pyridine rings is 1. The maximum Gasteiger partial charge on any atom is 0.255 e. The maximum atomic E-state index is 14.0. The predicted octanol–water partition coefficient (Wildman–Crippen LogP) is 1.36. The number of rotatable bonds is 3. The number of likely N-dealkylation sites (tertiary alicyclic amines) is 1. The molecule has 32 heavy (non-hydrogen) atoms. The molecule has 0 atom stereocenters. The first-order chi connectivity index (χ1) is 15.4. The van der Waals surface area contributed by atoms with Crippen molar-refractivity contribution in [2.75, 3.05) is 31.6 Å². The molecule has 9 nitrogen and oxygen atoms in total. The number of carbonyl (C=O) groups is 3. The van der Waals surface area contributed by atoms with E-state index in [1.165, 1.54) is 30.3 Å². The fraction of sp³-hybridized carbons (Fsp3) is 0.318. The number of aromatic nitrogens is 3. The van der Waals surface area contributed by atoms with E-state index in [4.69, 9.17) is 0 Å². The molecule has 3 amide bonds. The smallest absolute Gasteiger partial charge is 0.255 e. The van der Waals surface area contributed by atoms with Gasteiger partial charge in [0.05, 0.1) is 22.9 Å². The minimum absolute atomic E-state index is 0.164. The second-order valence-electron chi connectivity index (χ2n) is 8.13. The Kier molecular flexibility index (Phi) is 4.65. The zero-order valence-electron chi connectivity index (χ0n) is 17.4. The number of piperidine rings is 1. The van der Waals surface area contributed by atoms with Crippen molar-refractivity contribution < 1.29 is 18.8 Å². The zero-order chi connectivity index (χ0) is 22.5. The molecule has 1 fully saturated rings. The molecule has 1 saturated heterocycles. The molecule has 164 valence electrons. The number of aromatic amines is 1. The van der Waals surface area contributed by atoms with Crippen LogP contribution >= 0.6 is 0 Å². The number of nitrogens with one attached hydrogen (secondary N) is 2. The average Bonchev–Trinajstić information content (AvgIpc) is 3.36. The van der Waals surface area contributed by atoms with Crippen molar-refractivity contribution in [1.29, 1.82) is 0 Å². The van der Waals surface area contributed by atoms with Crippen molar-refractivity contribution in [2.24, 2.45) is 0 Å². The first kappa shape index (κ1) is 20.1. The molecule has 0 radical (unpaired) electrons. The van der Waals surface area contributed by atoms with Crippen molar-refractivity contribution in [3.8, 4) is 0 Å². The monoisotopic (exact) mass is 436 g/mol. The molecule has 0 saturated carbocycles. The fourth-order valence-electron chi connectivity index (χ4n) is 4.71. The molecule has 3 aromatic rings. The van der Waals surface area contributed by atoms with Gasteiger partial charge in [0.25, 0.3) is 5.91 Å². The van der Waals surface area contributed by atoms with Gasteiger partial charge >= 0.3 is 0 Å². The van der Waals surface area contributed by atoms with E-state index in [1.54, 1.807) is 23.2 Å². The first-order valence-electron chi connectivity index (χ1n) is 10.3. The van der Waals surface area contributed by atoms with Crippen LogP contribution in [0.1, 0.15) is 28.8 Å². The highest BCUT2D eigenvalue weighted by Crippen LogP contribution is 2.48. The van der Waals surface area contributed by atoms with Crippen molar-refractivity contribution in [2.45, 2.75) is 18.3 Å². The molecule has 5 rings (SSSR count). The van der Waals surface area contributed by atoms with Gasteiger partial charge in [0.2, 0.25) is 11.8 Å². The zero-order valence-corrected chi connectivity index (χ0v) is 17.4. The SMILES string of the molecule is CNC(=O)CN1C(=O)C2(CCN(C(=O)c3cnc4[nH]ncc4c3)CC2)c2ccc(F)cc21. The normalized spacial score (nSPS) is 17.1. The number of nitrogens with zero attached hydrogens (tertiary/aromatic N) is 4. The second kappa shape index (κ2) is 7.40. The summed E-state index contributed by atoms with van der Waals surface area (Å²) in [6.45, 7) is 0.545. The van der Waals surface area contributed by atoms with Crippen molar-refractivity contribution >= 4 is 34.4 Å². The summed E-state index contributed by atoms with van der Waals surface area (Å²) in [7, 11) is 1.49. The number of fused-ring (bicyclic) bond motifs is 3. The molecule has 1 aromatic carbocycles. The first-order valence-corrected chi connectivity index (χ1v) is 10.3. The predicted molar refractivity (Wildman–Crippen MR) is 114 cm³/mol. The summed E-state index contributed by atoms with van der Waals surface area (Å²) in [4.78, 5) is 45.8. The number of H-pyrrole nitrogens is 1. The minimum Gasteiger partial charge on any atom is -0.358 e. The van der Waals surface area contributed by atoms with E-state index in [-0.39, 0.29) is 24.3 Å². The minimum atomic E-state index is -0.874. The van der Waals surface area contributed by atoms with Crippen LogP contribution in [0.15, 0.2) is 36.7 Å². The van der Waals surface area contributed by atoms with Crippen LogP contribution in [0.3, 0.4) is 0 Å². The highest BCUT2D eigenvalue weighted by atomic mass is 19.1. The van der Waals surface area contributed by atoms with Gasteiger partial charge in [-0.15, -0.1) is 0 Å². The molecule has 10 heteroatoms. The van der Waals surface area contributed by atoms with Crippen molar-refractivity contribution in [3.05, 3.63) is 53.6 Å². The van der Waals surface area contributed by atoms with Gasteiger partial charge in [0.1, 0.15) is 12.4 Å². The average molecular weight is 436 g/mol. The third-order valence-electron chi connectivity index (χ3n) is 6.44. The third-order valence-corrected chi connectivity index (χ3v) is 6.44. The Morgan fingerprint density at radius 1 is 1.22 bits per heavy atom. The Hall–Kier alpha value is -3.82. The number of hydrogen-bond donors (Lipinski definition) is 2. The number of amides is 3. The van der Waals surface area contributed by atoms with Gasteiger partial charge in [-0.1, -0.05) is 6.07 Å². The van der Waals surface area contributed by atoms with E-state index in [1.807, 2.05) is 0 Å². The van der Waals surface area contributed by atoms with E-state index in [9.17, 15) is 18.8 Å². The highest BCUT2D eigenvalue weighted by Gasteiger charge is 2.52. The summed E-state index contributed by atoms with van der Waals surface area (Å²) in [5.74, 6) is -1.19. The van der Waals surface area contributed by atoms with Gasteiger partial charge in [0.15, 0.2) is 5.65 Å². The van der Waals surface area contributed by atoms with Crippen LogP contribution in [0.5, 0.6) is 0 Å². The molecule has 4 heterocycles. The molecular formula is C22H21FN6O3. The summed E-state index contributed by atoms with van der Waals surface area (Å²) in [5, 5.41) is 9.93. The number of benzene rings is 1. The molecule has 2 N–H and O–H groups in total. The highest BCUT2D eigenvalue weighted by molar-refractivity contribution is 6.11. The molecule has 0 aliphatic carbocycles. The summed E-state index contributed by atoms with van der Waals surface area (Å²) in [5.41, 5.74) is 1.32. The number of halogens is 1. The Bertz CT molecular complexity index is 1250. The Labute approximate surface area is 182 Å². The maximum absolute atomic E-state index is 14.0. The van der Waals surface area contributed by atoms with E-state index < -0.39 is 11.2 Å². The Morgan fingerprint density at radius 3 is 2.75 bits per heavy atom. The lowest BCUT2D eigenvalue weighted by Crippen LogP contribution is -2.51. The summed E-state index contributed by atoms with van der Waals surface area (Å²) >= 11 is 0. The Morgan fingerprint density at radius 2 is 2.00 bits per heavy atom. The van der Waals surface area contributed by atoms with E-state index >= 15 is 0 Å². The van der Waals surface area contributed by atoms with Crippen LogP contribution in [0.4, 0.5) is 10.1 Å². The standard InChI is InChI=1S/C22H21FN6O3/c1-24-18(30)12-29-17-9-15(23)2-3-16(17)22(21(29)32)4-6-28(7-5-22)20(31)14-8-13-11-26-27-19(13)25-10-14/h2-3,8-11H,4-7,12H2,1H3,(H,24,30)(H,25,26,27). The van der Waals surface area contributed by atoms with Gasteiger partial charge in [-0.25, -0.2) is 9.37 Å². The summed E-state index contributed by atoms with van der Waals surface area (Å²) < 4.78 is 14.0. The van der Waals surface area contributed by atoms with Crippen LogP contribution in [-0.2, 0) is 15.0 Å². The molecule has 2 aliphatic rings. The fourth-order valence-corrected chi connectivity index (χ4v) is 4.71. The van der Waals surface area contributed by atoms with Gasteiger partial charge in [0, 0.05) is 31.7 Å². The van der Waals surface area contributed by atoms with Gasteiger partial charge in [-0.2, -0.15) is 5.10 Å². The lowest BCUT2D eigenvalue weighted by atomic mass is 9.73. The molecular weight excluding hydrogens is 415 g/mol. The topological polar surface area (TPSA) is 111 Å². The second-order valence-corrected chi connectivity index (χ2v) is 8.13. The van der Waals surface area contributed by atoms with Crippen LogP contribution < -0.4 is 10.2 Å². The lowest BCUT2D eigenvalue weighted by Gasteiger charge is -2.38. The molecule has 0 bridgehead atoms. The number of anilines is 1. The van der Waals surface area contributed by atoms with E-state index in [0.717, 1.165) is 5.39 Å². The van der Waals surface area contributed by atoms with Crippen LogP contribution in [0, 0.1) is 5.82 Å². The molecule has 2 aromatic heterocycles. The summed E-state index contributed by atoms with van der Waals surface area (Å²) in [6, 6.07) is 6.00. The van der Waals surface area contributed by atoms with Crippen LogP contribution in [0.2, 0.25) is 0 Å². The summed E-state index contributed by atoms with van der Waals surface area (Å²) in [6.07, 6.45) is 3.90. The Balaban J connectivity index is 1.40. The van der Waals surface area contributed by atoms with Crippen LogP contribution in [0.25, 0.3) is 11.0 Å². The number of likely N-dealkylation sites (N-methyl/N-ethyl adjacent to an activating group) is 1.